The maximum absolute atomic E-state index is 5.40. The van der Waals surface area contributed by atoms with Gasteiger partial charge in [-0.1, -0.05) is 6.92 Å². The van der Waals surface area contributed by atoms with Crippen molar-refractivity contribution in [2.75, 3.05) is 49.5 Å². The van der Waals surface area contributed by atoms with Gasteiger partial charge < -0.3 is 15.0 Å². The zero-order valence-electron chi connectivity index (χ0n) is 12.3. The van der Waals surface area contributed by atoms with Crippen LogP contribution in [0.2, 0.25) is 0 Å². The maximum Gasteiger partial charge on any atom is 0.243 e. The Morgan fingerprint density at radius 3 is 2.45 bits per heavy atom. The number of hydrogen-bond acceptors (Lipinski definition) is 8. The van der Waals surface area contributed by atoms with Crippen LogP contribution in [0.5, 0.6) is 0 Å². The van der Waals surface area contributed by atoms with E-state index in [2.05, 4.69) is 32.6 Å². The number of nitrogens with zero attached hydrogens (tertiary/aromatic N) is 4. The lowest BCUT2D eigenvalue weighted by Gasteiger charge is -2.33. The summed E-state index contributed by atoms with van der Waals surface area (Å²) in [5.74, 6) is 6.83. The Morgan fingerprint density at radius 1 is 1.20 bits per heavy atom. The first-order valence-electron chi connectivity index (χ1n) is 6.74. The zero-order valence-corrected chi connectivity index (χ0v) is 12.3. The van der Waals surface area contributed by atoms with Gasteiger partial charge in [0.2, 0.25) is 17.8 Å². The van der Waals surface area contributed by atoms with Gasteiger partial charge in [-0.25, -0.2) is 5.84 Å². The first-order valence-corrected chi connectivity index (χ1v) is 6.74. The molecule has 0 spiro atoms. The third-order valence-corrected chi connectivity index (χ3v) is 3.53. The van der Waals surface area contributed by atoms with E-state index in [9.17, 15) is 0 Å². The molecule has 1 aromatic rings. The van der Waals surface area contributed by atoms with Crippen LogP contribution in [0.3, 0.4) is 0 Å². The second-order valence-electron chi connectivity index (χ2n) is 5.60. The van der Waals surface area contributed by atoms with Gasteiger partial charge in [0, 0.05) is 33.9 Å². The minimum absolute atomic E-state index is 0.208. The first-order chi connectivity index (χ1) is 9.52. The van der Waals surface area contributed by atoms with Crippen molar-refractivity contribution in [3.63, 3.8) is 0 Å². The number of aromatic nitrogens is 3. The van der Waals surface area contributed by atoms with E-state index in [1.807, 2.05) is 19.0 Å². The van der Waals surface area contributed by atoms with E-state index >= 15 is 0 Å². The second-order valence-corrected chi connectivity index (χ2v) is 5.60. The fraction of sp³-hybridized carbons (Fsp3) is 0.750. The minimum atomic E-state index is 0.208. The molecule has 0 saturated carbocycles. The molecule has 1 aromatic heterocycles. The predicted molar refractivity (Wildman–Crippen MR) is 78.6 cm³/mol. The van der Waals surface area contributed by atoms with Crippen molar-refractivity contribution in [1.29, 1.82) is 0 Å². The van der Waals surface area contributed by atoms with Gasteiger partial charge in [0.15, 0.2) is 0 Å². The number of anilines is 3. The SMILES string of the molecule is CN(C)c1nc(NN)nc(NCC2(C)CCOCC2)n1. The average molecular weight is 281 g/mol. The number of nitrogen functional groups attached to an aromatic ring is 1. The molecule has 1 aliphatic heterocycles. The van der Waals surface area contributed by atoms with Crippen molar-refractivity contribution in [3.05, 3.63) is 0 Å². The van der Waals surface area contributed by atoms with Gasteiger partial charge in [0.25, 0.3) is 0 Å². The summed E-state index contributed by atoms with van der Waals surface area (Å²) in [4.78, 5) is 14.6. The molecule has 0 bridgehead atoms. The fourth-order valence-corrected chi connectivity index (χ4v) is 2.04. The van der Waals surface area contributed by atoms with Crippen molar-refractivity contribution < 1.29 is 4.74 Å². The van der Waals surface area contributed by atoms with Gasteiger partial charge in [0.05, 0.1) is 0 Å². The Morgan fingerprint density at radius 2 is 1.85 bits per heavy atom. The largest absolute Gasteiger partial charge is 0.381 e. The second kappa shape index (κ2) is 6.19. The summed E-state index contributed by atoms with van der Waals surface area (Å²) in [5.41, 5.74) is 2.67. The number of hydrogen-bond donors (Lipinski definition) is 3. The highest BCUT2D eigenvalue weighted by Gasteiger charge is 2.27. The van der Waals surface area contributed by atoms with Crippen molar-refractivity contribution in [2.24, 2.45) is 11.3 Å². The smallest absolute Gasteiger partial charge is 0.243 e. The summed E-state index contributed by atoms with van der Waals surface area (Å²) in [6.45, 7) is 4.68. The normalized spacial score (nSPS) is 17.6. The van der Waals surface area contributed by atoms with Gasteiger partial charge >= 0.3 is 0 Å². The summed E-state index contributed by atoms with van der Waals surface area (Å²) in [6.07, 6.45) is 2.07. The Balaban J connectivity index is 2.06. The highest BCUT2D eigenvalue weighted by atomic mass is 16.5. The highest BCUT2D eigenvalue weighted by Crippen LogP contribution is 2.29. The third-order valence-electron chi connectivity index (χ3n) is 3.53. The Kier molecular flexibility index (Phi) is 4.56. The molecule has 1 saturated heterocycles. The molecule has 8 nitrogen and oxygen atoms in total. The Bertz CT molecular complexity index is 445. The molecule has 2 rings (SSSR count). The third kappa shape index (κ3) is 3.67. The molecule has 2 heterocycles. The van der Waals surface area contributed by atoms with Crippen LogP contribution in [0.25, 0.3) is 0 Å². The predicted octanol–water partition coefficient (Wildman–Crippen LogP) is 0.452. The molecule has 8 heteroatoms. The summed E-state index contributed by atoms with van der Waals surface area (Å²) in [5, 5.41) is 3.28. The van der Waals surface area contributed by atoms with Gasteiger partial charge in [-0.3, -0.25) is 5.43 Å². The van der Waals surface area contributed by atoms with Crippen LogP contribution in [-0.4, -0.2) is 48.8 Å². The zero-order chi connectivity index (χ0) is 14.6. The van der Waals surface area contributed by atoms with E-state index < -0.39 is 0 Å². The molecule has 0 aromatic carbocycles. The standard InChI is InChI=1S/C12H23N7O/c1-12(4-6-20-7-5-12)8-14-9-15-10(18-13)17-11(16-9)19(2)3/h4-8,13H2,1-3H3,(H2,14,15,16,17,18). The molecule has 112 valence electrons. The number of nitrogens with one attached hydrogen (secondary N) is 2. The van der Waals surface area contributed by atoms with E-state index in [0.717, 1.165) is 32.6 Å². The lowest BCUT2D eigenvalue weighted by atomic mass is 9.82. The fourth-order valence-electron chi connectivity index (χ4n) is 2.04. The number of rotatable bonds is 5. The highest BCUT2D eigenvalue weighted by molar-refractivity contribution is 5.42. The average Bonchev–Trinajstić information content (AvgIpc) is 2.45. The van der Waals surface area contributed by atoms with Crippen LogP contribution in [0.4, 0.5) is 17.8 Å². The van der Waals surface area contributed by atoms with E-state index in [0.29, 0.717) is 17.8 Å². The lowest BCUT2D eigenvalue weighted by Crippen LogP contribution is -2.33. The van der Waals surface area contributed by atoms with Gasteiger partial charge in [-0.05, 0) is 18.3 Å². The van der Waals surface area contributed by atoms with Crippen LogP contribution >= 0.6 is 0 Å². The van der Waals surface area contributed by atoms with Crippen molar-refractivity contribution in [3.8, 4) is 0 Å². The monoisotopic (exact) mass is 281 g/mol. The molecule has 1 aliphatic rings. The number of hydrazine groups is 1. The maximum atomic E-state index is 5.40. The van der Waals surface area contributed by atoms with E-state index in [1.165, 1.54) is 0 Å². The van der Waals surface area contributed by atoms with Gasteiger partial charge in [-0.15, -0.1) is 0 Å². The van der Waals surface area contributed by atoms with Crippen molar-refractivity contribution in [2.45, 2.75) is 19.8 Å². The molecule has 1 fully saturated rings. The van der Waals surface area contributed by atoms with Crippen molar-refractivity contribution in [1.82, 2.24) is 15.0 Å². The molecule has 4 N–H and O–H groups in total. The summed E-state index contributed by atoms with van der Waals surface area (Å²) in [7, 11) is 3.75. The van der Waals surface area contributed by atoms with E-state index in [1.54, 1.807) is 0 Å². The van der Waals surface area contributed by atoms with Gasteiger partial charge in [-0.2, -0.15) is 15.0 Å². The van der Waals surface area contributed by atoms with Crippen LogP contribution in [0.1, 0.15) is 19.8 Å². The topological polar surface area (TPSA) is 101 Å². The summed E-state index contributed by atoms with van der Waals surface area (Å²) < 4.78 is 5.40. The summed E-state index contributed by atoms with van der Waals surface area (Å²) >= 11 is 0. The molecule has 20 heavy (non-hydrogen) atoms. The minimum Gasteiger partial charge on any atom is -0.381 e. The number of ether oxygens (including phenoxy) is 1. The first kappa shape index (κ1) is 14.7. The molecule has 0 atom stereocenters. The van der Waals surface area contributed by atoms with E-state index in [-0.39, 0.29) is 5.41 Å². The molecule has 0 amide bonds. The lowest BCUT2D eigenvalue weighted by molar-refractivity contribution is 0.0299. The van der Waals surface area contributed by atoms with Crippen molar-refractivity contribution >= 4 is 17.8 Å². The molecular formula is C12H23N7O. The van der Waals surface area contributed by atoms with Crippen LogP contribution < -0.4 is 21.5 Å². The van der Waals surface area contributed by atoms with E-state index in [4.69, 9.17) is 10.6 Å². The quantitative estimate of drug-likeness (QED) is 0.528. The Hall–Kier alpha value is -1.67. The van der Waals surface area contributed by atoms with Crippen LogP contribution in [-0.2, 0) is 4.74 Å². The summed E-state index contributed by atoms with van der Waals surface area (Å²) in [6, 6.07) is 0. The molecule has 0 radical (unpaired) electrons. The number of nitrogens with two attached hydrogens (primary N) is 1. The Labute approximate surface area is 119 Å². The van der Waals surface area contributed by atoms with Crippen LogP contribution in [0, 0.1) is 5.41 Å². The molecular weight excluding hydrogens is 258 g/mol. The van der Waals surface area contributed by atoms with Gasteiger partial charge in [0.1, 0.15) is 0 Å². The molecule has 0 unspecified atom stereocenters. The molecule has 0 aliphatic carbocycles. The van der Waals surface area contributed by atoms with Crippen LogP contribution in [0.15, 0.2) is 0 Å².